The van der Waals surface area contributed by atoms with Gasteiger partial charge >= 0.3 is 5.97 Å². The molecule has 1 unspecified atom stereocenters. The Kier molecular flexibility index (Phi) is 6.79. The predicted molar refractivity (Wildman–Crippen MR) is 102 cm³/mol. The molecule has 0 heterocycles. The molecule has 0 radical (unpaired) electrons. The Morgan fingerprint density at radius 1 is 1.15 bits per heavy atom. The predicted octanol–water partition coefficient (Wildman–Crippen LogP) is 1.39. The van der Waals surface area contributed by atoms with Gasteiger partial charge < -0.3 is 21.3 Å². The molecular weight excluding hydrogens is 352 g/mol. The van der Waals surface area contributed by atoms with E-state index in [-0.39, 0.29) is 16.9 Å². The molecule has 5 N–H and O–H groups in total. The van der Waals surface area contributed by atoms with Crippen molar-refractivity contribution in [2.75, 3.05) is 12.0 Å². The van der Waals surface area contributed by atoms with Crippen molar-refractivity contribution < 1.29 is 19.4 Å². The molecule has 0 aromatic heterocycles. The summed E-state index contributed by atoms with van der Waals surface area (Å²) < 4.78 is 5.38. The van der Waals surface area contributed by atoms with Crippen LogP contribution in [-0.4, -0.2) is 35.0 Å². The van der Waals surface area contributed by atoms with Crippen LogP contribution in [0, 0.1) is 0 Å². The Bertz CT molecular complexity index is 769. The van der Waals surface area contributed by atoms with Gasteiger partial charge in [-0.15, -0.1) is 0 Å². The number of amides is 1. The second-order valence-corrected chi connectivity index (χ2v) is 6.73. The van der Waals surface area contributed by atoms with E-state index in [0.29, 0.717) is 12.2 Å². The van der Waals surface area contributed by atoms with Crippen LogP contribution in [0.5, 0.6) is 5.75 Å². The number of para-hydroxylation sites is 1. The minimum absolute atomic E-state index is 0.0438. The van der Waals surface area contributed by atoms with Crippen molar-refractivity contribution in [3.05, 3.63) is 65.7 Å². The van der Waals surface area contributed by atoms with Crippen LogP contribution in [0.3, 0.4) is 0 Å². The number of hydrogen-bond acceptors (Lipinski definition) is 6. The number of rotatable bonds is 8. The average molecular weight is 374 g/mol. The Morgan fingerprint density at radius 3 is 2.38 bits per heavy atom. The van der Waals surface area contributed by atoms with Gasteiger partial charge in [0.25, 0.3) is 5.91 Å². The number of ether oxygens (including phenoxy) is 1. The summed E-state index contributed by atoms with van der Waals surface area (Å²) in [5.41, 5.74) is 9.57. The van der Waals surface area contributed by atoms with Crippen LogP contribution < -0.4 is 16.2 Å². The lowest BCUT2D eigenvalue weighted by molar-refractivity contribution is -0.137. The van der Waals surface area contributed by atoms with Gasteiger partial charge in [-0.2, -0.15) is 11.8 Å². The van der Waals surface area contributed by atoms with Crippen LogP contribution in [0.1, 0.15) is 17.5 Å². The Labute approximate surface area is 156 Å². The molecule has 2 aromatic carbocycles. The quantitative estimate of drug-likeness (QED) is 0.475. The summed E-state index contributed by atoms with van der Waals surface area (Å²) >= 11 is 1.57. The first-order valence-corrected chi connectivity index (χ1v) is 9.44. The van der Waals surface area contributed by atoms with Crippen LogP contribution in [-0.2, 0) is 15.2 Å². The van der Waals surface area contributed by atoms with Crippen molar-refractivity contribution in [2.24, 2.45) is 11.5 Å². The fourth-order valence-corrected chi connectivity index (χ4v) is 3.00. The molecule has 0 spiro atoms. The van der Waals surface area contributed by atoms with Gasteiger partial charge in [0.1, 0.15) is 11.8 Å². The molecule has 1 amide bonds. The molecule has 2 aromatic rings. The zero-order valence-electron chi connectivity index (χ0n) is 14.4. The number of aliphatic hydroxyl groups is 1. The Morgan fingerprint density at radius 2 is 1.77 bits per heavy atom. The molecular formula is C19H22N2O4S. The van der Waals surface area contributed by atoms with E-state index < -0.39 is 23.5 Å². The number of nitrogens with two attached hydrogens (primary N) is 2. The standard InChI is InChI=1S/C19H22N2O4S/c1-26-12-11-15(20)17(22)25-16-10-6-5-9-14(16)19(24,18(21)23)13-7-3-2-4-8-13/h2-10,15,24H,11-12,20H2,1H3,(H2,21,23)/t15-,19?/m0/s1. The van der Waals surface area contributed by atoms with E-state index in [1.54, 1.807) is 54.2 Å². The molecule has 0 saturated carbocycles. The van der Waals surface area contributed by atoms with Gasteiger partial charge in [-0.1, -0.05) is 48.5 Å². The lowest BCUT2D eigenvalue weighted by Crippen LogP contribution is -2.43. The van der Waals surface area contributed by atoms with Crippen LogP contribution in [0.15, 0.2) is 54.6 Å². The summed E-state index contributed by atoms with van der Waals surface area (Å²) in [4.78, 5) is 24.4. The third-order valence-corrected chi connectivity index (χ3v) is 4.62. The maximum Gasteiger partial charge on any atom is 0.328 e. The fraction of sp³-hybridized carbons (Fsp3) is 0.263. The maximum atomic E-state index is 12.2. The minimum atomic E-state index is -2.14. The van der Waals surface area contributed by atoms with E-state index >= 15 is 0 Å². The van der Waals surface area contributed by atoms with Gasteiger partial charge in [0.2, 0.25) is 0 Å². The highest BCUT2D eigenvalue weighted by atomic mass is 32.2. The number of primary amides is 1. The SMILES string of the molecule is CSCC[C@H](N)C(=O)Oc1ccccc1C(O)(C(N)=O)c1ccccc1. The number of benzene rings is 2. The maximum absolute atomic E-state index is 12.2. The van der Waals surface area contributed by atoms with E-state index in [9.17, 15) is 14.7 Å². The highest BCUT2D eigenvalue weighted by Gasteiger charge is 2.41. The normalized spacial score (nSPS) is 14.3. The summed E-state index contributed by atoms with van der Waals surface area (Å²) in [5.74, 6) is -0.847. The van der Waals surface area contributed by atoms with Gasteiger partial charge in [0.05, 0.1) is 0 Å². The zero-order valence-corrected chi connectivity index (χ0v) is 15.2. The molecule has 0 saturated heterocycles. The van der Waals surface area contributed by atoms with Crippen LogP contribution >= 0.6 is 11.8 Å². The topological polar surface area (TPSA) is 116 Å². The fourth-order valence-electron chi connectivity index (χ4n) is 2.51. The van der Waals surface area contributed by atoms with Gasteiger partial charge in [-0.3, -0.25) is 4.79 Å². The highest BCUT2D eigenvalue weighted by Crippen LogP contribution is 2.35. The van der Waals surface area contributed by atoms with Gasteiger partial charge in [-0.25, -0.2) is 4.79 Å². The van der Waals surface area contributed by atoms with Crippen molar-refractivity contribution in [2.45, 2.75) is 18.1 Å². The highest BCUT2D eigenvalue weighted by molar-refractivity contribution is 7.98. The van der Waals surface area contributed by atoms with Crippen LogP contribution in [0.4, 0.5) is 0 Å². The molecule has 0 aliphatic rings. The number of carbonyl (C=O) groups excluding carboxylic acids is 2. The van der Waals surface area contributed by atoms with Crippen LogP contribution in [0.25, 0.3) is 0 Å². The lowest BCUT2D eigenvalue weighted by atomic mass is 9.85. The number of esters is 1. The molecule has 0 aliphatic heterocycles. The van der Waals surface area contributed by atoms with Crippen molar-refractivity contribution in [1.82, 2.24) is 0 Å². The number of hydrogen-bond donors (Lipinski definition) is 3. The Balaban J connectivity index is 2.41. The summed E-state index contributed by atoms with van der Waals surface area (Å²) in [5, 5.41) is 11.1. The van der Waals surface area contributed by atoms with Gasteiger partial charge in [0.15, 0.2) is 5.60 Å². The molecule has 0 aliphatic carbocycles. The zero-order chi connectivity index (χ0) is 19.2. The Hall–Kier alpha value is -2.35. The van der Waals surface area contributed by atoms with Gasteiger partial charge in [0, 0.05) is 5.56 Å². The van der Waals surface area contributed by atoms with Crippen molar-refractivity contribution in [3.63, 3.8) is 0 Å². The molecule has 2 rings (SSSR count). The number of thioether (sulfide) groups is 1. The second-order valence-electron chi connectivity index (χ2n) is 5.75. The second kappa shape index (κ2) is 8.84. The largest absolute Gasteiger partial charge is 0.425 e. The first kappa shape index (κ1) is 20.0. The van der Waals surface area contributed by atoms with Crippen molar-refractivity contribution in [3.8, 4) is 5.75 Å². The minimum Gasteiger partial charge on any atom is -0.425 e. The molecule has 0 fully saturated rings. The summed E-state index contributed by atoms with van der Waals surface area (Å²) in [6.45, 7) is 0. The number of carbonyl (C=O) groups is 2. The molecule has 6 nitrogen and oxygen atoms in total. The van der Waals surface area contributed by atoms with Crippen molar-refractivity contribution in [1.29, 1.82) is 0 Å². The lowest BCUT2D eigenvalue weighted by Gasteiger charge is -2.27. The van der Waals surface area contributed by atoms with Gasteiger partial charge in [-0.05, 0) is 30.1 Å². The molecule has 26 heavy (non-hydrogen) atoms. The summed E-state index contributed by atoms with van der Waals surface area (Å²) in [7, 11) is 0. The monoisotopic (exact) mass is 374 g/mol. The molecule has 7 heteroatoms. The van der Waals surface area contributed by atoms with Crippen molar-refractivity contribution >= 4 is 23.6 Å². The smallest absolute Gasteiger partial charge is 0.328 e. The molecule has 2 atom stereocenters. The van der Waals surface area contributed by atoms with Crippen LogP contribution in [0.2, 0.25) is 0 Å². The van der Waals surface area contributed by atoms with E-state index in [1.165, 1.54) is 12.1 Å². The third-order valence-electron chi connectivity index (χ3n) is 3.97. The summed E-state index contributed by atoms with van der Waals surface area (Å²) in [6.07, 6.45) is 2.38. The first-order valence-electron chi connectivity index (χ1n) is 8.04. The van der Waals surface area contributed by atoms with E-state index in [0.717, 1.165) is 0 Å². The third kappa shape index (κ3) is 4.24. The molecule has 138 valence electrons. The van der Waals surface area contributed by atoms with E-state index in [4.69, 9.17) is 16.2 Å². The average Bonchev–Trinajstić information content (AvgIpc) is 2.66. The molecule has 0 bridgehead atoms. The summed E-state index contributed by atoms with van der Waals surface area (Å²) in [6, 6.07) is 13.7. The van der Waals surface area contributed by atoms with E-state index in [1.807, 2.05) is 6.26 Å². The first-order chi connectivity index (χ1) is 12.4. The van der Waals surface area contributed by atoms with E-state index in [2.05, 4.69) is 0 Å².